The Morgan fingerprint density at radius 1 is 1.35 bits per heavy atom. The van der Waals surface area contributed by atoms with Gasteiger partial charge in [0.15, 0.2) is 0 Å². The van der Waals surface area contributed by atoms with Crippen molar-refractivity contribution in [2.75, 3.05) is 0 Å². The summed E-state index contributed by atoms with van der Waals surface area (Å²) in [6.07, 6.45) is 5.40. The van der Waals surface area contributed by atoms with E-state index in [1.54, 1.807) is 11.2 Å². The normalized spacial score (nSPS) is 12.1. The maximum atomic E-state index is 5.91. The molecule has 0 aliphatic heterocycles. The van der Waals surface area contributed by atoms with Crippen LogP contribution in [-0.4, -0.2) is 21.9 Å². The maximum Gasteiger partial charge on any atom is 0.142 e. The molecule has 1 unspecified atom stereocenters. The second kappa shape index (κ2) is 8.08. The highest BCUT2D eigenvalue weighted by Crippen LogP contribution is 2.21. The summed E-state index contributed by atoms with van der Waals surface area (Å²) in [5.41, 5.74) is 3.10. The molecule has 5 heteroatoms. The van der Waals surface area contributed by atoms with Crippen molar-refractivity contribution < 1.29 is 4.74 Å². The maximum absolute atomic E-state index is 5.91. The van der Waals surface area contributed by atoms with E-state index in [-0.39, 0.29) is 6.10 Å². The first kappa shape index (κ1) is 16.7. The number of hydrazone groups is 1. The fourth-order valence-electron chi connectivity index (χ4n) is 2.19. The van der Waals surface area contributed by atoms with Gasteiger partial charge in [-0.05, 0) is 31.9 Å². The zero-order chi connectivity index (χ0) is 16.7. The first-order valence-electron chi connectivity index (χ1n) is 7.53. The molecule has 0 bridgehead atoms. The van der Waals surface area contributed by atoms with E-state index in [2.05, 4.69) is 46.3 Å². The van der Waals surface area contributed by atoms with Gasteiger partial charge in [-0.1, -0.05) is 30.3 Å². The molecule has 0 amide bonds. The van der Waals surface area contributed by atoms with Gasteiger partial charge in [-0.15, -0.1) is 0 Å². The van der Waals surface area contributed by atoms with E-state index in [1.807, 2.05) is 39.1 Å². The fraction of sp³-hybridized carbons (Fsp3) is 0.278. The van der Waals surface area contributed by atoms with Crippen LogP contribution in [0.15, 0.2) is 53.9 Å². The lowest BCUT2D eigenvalue weighted by molar-refractivity contribution is 0.225. The summed E-state index contributed by atoms with van der Waals surface area (Å²) in [5, 5.41) is 13.6. The zero-order valence-corrected chi connectivity index (χ0v) is 13.8. The molecule has 2 aromatic rings. The number of rotatable bonds is 7. The molecule has 0 aliphatic carbocycles. The second-order valence-electron chi connectivity index (χ2n) is 5.26. The summed E-state index contributed by atoms with van der Waals surface area (Å²) in [5.74, 6) is 0.726. The average molecular weight is 310 g/mol. The SMILES string of the molecule is C=NN(/C=C\C)Cc1ccc(C(C)Oc2cnnc(C)c2)cc1. The number of hydrogen-bond acceptors (Lipinski definition) is 5. The Hall–Kier alpha value is -2.69. The van der Waals surface area contributed by atoms with Gasteiger partial charge in [0, 0.05) is 19.0 Å². The molecule has 1 heterocycles. The highest BCUT2D eigenvalue weighted by Gasteiger charge is 2.08. The number of aromatic nitrogens is 2. The van der Waals surface area contributed by atoms with Crippen molar-refractivity contribution in [1.82, 2.24) is 15.2 Å². The van der Waals surface area contributed by atoms with E-state index in [0.29, 0.717) is 6.54 Å². The van der Waals surface area contributed by atoms with Crippen molar-refractivity contribution in [3.8, 4) is 5.75 Å². The average Bonchev–Trinajstić information content (AvgIpc) is 2.55. The highest BCUT2D eigenvalue weighted by molar-refractivity contribution is 5.27. The van der Waals surface area contributed by atoms with E-state index in [0.717, 1.165) is 22.6 Å². The molecule has 2 rings (SSSR count). The molecule has 1 aromatic carbocycles. The van der Waals surface area contributed by atoms with Crippen molar-refractivity contribution in [3.63, 3.8) is 0 Å². The van der Waals surface area contributed by atoms with Crippen LogP contribution in [0.2, 0.25) is 0 Å². The molecule has 5 nitrogen and oxygen atoms in total. The Kier molecular flexibility index (Phi) is 5.86. The van der Waals surface area contributed by atoms with Crippen LogP contribution in [-0.2, 0) is 6.54 Å². The van der Waals surface area contributed by atoms with E-state index in [1.165, 1.54) is 0 Å². The predicted octanol–water partition coefficient (Wildman–Crippen LogP) is 3.88. The molecule has 0 N–H and O–H groups in total. The first-order valence-corrected chi connectivity index (χ1v) is 7.53. The van der Waals surface area contributed by atoms with Crippen LogP contribution in [0.5, 0.6) is 5.75 Å². The Morgan fingerprint density at radius 2 is 2.09 bits per heavy atom. The standard InChI is InChI=1S/C18H22N4O/c1-5-10-22(19-4)13-16-6-8-17(9-7-16)15(3)23-18-11-14(2)21-20-12-18/h5-12,15H,4,13H2,1-3H3/b10-5-. The number of nitrogens with zero attached hydrogens (tertiary/aromatic N) is 4. The Bertz CT molecular complexity index is 667. The molecule has 1 atom stereocenters. The Labute approximate surface area is 137 Å². The van der Waals surface area contributed by atoms with Crippen LogP contribution in [0, 0.1) is 6.92 Å². The van der Waals surface area contributed by atoms with Gasteiger partial charge < -0.3 is 4.74 Å². The Balaban J connectivity index is 2.02. The largest absolute Gasteiger partial charge is 0.484 e. The topological polar surface area (TPSA) is 50.6 Å². The highest BCUT2D eigenvalue weighted by atomic mass is 16.5. The summed E-state index contributed by atoms with van der Waals surface area (Å²) in [6, 6.07) is 10.2. The van der Waals surface area contributed by atoms with Crippen LogP contribution in [0.3, 0.4) is 0 Å². The van der Waals surface area contributed by atoms with Crippen LogP contribution in [0.1, 0.15) is 36.8 Å². The van der Waals surface area contributed by atoms with Gasteiger partial charge >= 0.3 is 0 Å². The third-order valence-corrected chi connectivity index (χ3v) is 3.36. The lowest BCUT2D eigenvalue weighted by Crippen LogP contribution is -2.09. The van der Waals surface area contributed by atoms with E-state index in [4.69, 9.17) is 4.74 Å². The number of benzene rings is 1. The quantitative estimate of drug-likeness (QED) is 0.575. The smallest absolute Gasteiger partial charge is 0.142 e. The molecule has 0 fully saturated rings. The minimum atomic E-state index is -0.0585. The predicted molar refractivity (Wildman–Crippen MR) is 92.2 cm³/mol. The molecule has 0 spiro atoms. The van der Waals surface area contributed by atoms with Gasteiger partial charge in [0.05, 0.1) is 18.4 Å². The summed E-state index contributed by atoms with van der Waals surface area (Å²) >= 11 is 0. The molecule has 23 heavy (non-hydrogen) atoms. The van der Waals surface area contributed by atoms with Crippen LogP contribution >= 0.6 is 0 Å². The van der Waals surface area contributed by atoms with Gasteiger partial charge in [0.25, 0.3) is 0 Å². The molecular weight excluding hydrogens is 288 g/mol. The number of allylic oxidation sites excluding steroid dienone is 1. The van der Waals surface area contributed by atoms with Gasteiger partial charge in [0.1, 0.15) is 11.9 Å². The van der Waals surface area contributed by atoms with Gasteiger partial charge in [0.2, 0.25) is 0 Å². The van der Waals surface area contributed by atoms with Crippen molar-refractivity contribution >= 4 is 6.72 Å². The van der Waals surface area contributed by atoms with Crippen molar-refractivity contribution in [3.05, 3.63) is 65.6 Å². The summed E-state index contributed by atoms with van der Waals surface area (Å²) in [6.45, 7) is 10.1. The lowest BCUT2D eigenvalue weighted by atomic mass is 10.1. The van der Waals surface area contributed by atoms with E-state index in [9.17, 15) is 0 Å². The molecule has 0 radical (unpaired) electrons. The van der Waals surface area contributed by atoms with Gasteiger partial charge in [-0.2, -0.15) is 15.3 Å². The van der Waals surface area contributed by atoms with Gasteiger partial charge in [-0.3, -0.25) is 5.01 Å². The zero-order valence-electron chi connectivity index (χ0n) is 13.8. The molecule has 120 valence electrons. The molecule has 0 saturated heterocycles. The third kappa shape index (κ3) is 4.92. The number of ether oxygens (including phenoxy) is 1. The van der Waals surface area contributed by atoms with Gasteiger partial charge in [-0.25, -0.2) is 0 Å². The lowest BCUT2D eigenvalue weighted by Gasteiger charge is -2.17. The van der Waals surface area contributed by atoms with Crippen molar-refractivity contribution in [2.24, 2.45) is 5.10 Å². The summed E-state index contributed by atoms with van der Waals surface area (Å²) < 4.78 is 5.91. The van der Waals surface area contributed by atoms with Crippen LogP contribution < -0.4 is 4.74 Å². The number of hydrogen-bond donors (Lipinski definition) is 0. The van der Waals surface area contributed by atoms with Crippen molar-refractivity contribution in [2.45, 2.75) is 33.4 Å². The molecular formula is C18H22N4O. The second-order valence-corrected chi connectivity index (χ2v) is 5.26. The van der Waals surface area contributed by atoms with Crippen molar-refractivity contribution in [1.29, 1.82) is 0 Å². The van der Waals surface area contributed by atoms with Crippen LogP contribution in [0.25, 0.3) is 0 Å². The van der Waals surface area contributed by atoms with E-state index < -0.39 is 0 Å². The van der Waals surface area contributed by atoms with E-state index >= 15 is 0 Å². The Morgan fingerprint density at radius 3 is 2.70 bits per heavy atom. The third-order valence-electron chi connectivity index (χ3n) is 3.36. The minimum Gasteiger partial charge on any atom is -0.484 e. The molecule has 0 aliphatic rings. The summed E-state index contributed by atoms with van der Waals surface area (Å²) in [4.78, 5) is 0. The molecule has 0 saturated carbocycles. The fourth-order valence-corrected chi connectivity index (χ4v) is 2.19. The first-order chi connectivity index (χ1) is 11.1. The number of aryl methyl sites for hydroxylation is 1. The van der Waals surface area contributed by atoms with Crippen LogP contribution in [0.4, 0.5) is 0 Å². The monoisotopic (exact) mass is 310 g/mol. The molecule has 1 aromatic heterocycles. The minimum absolute atomic E-state index is 0.0585. The summed E-state index contributed by atoms with van der Waals surface area (Å²) in [7, 11) is 0.